The topological polar surface area (TPSA) is 87.5 Å². The zero-order chi connectivity index (χ0) is 19.6. The van der Waals surface area contributed by atoms with Gasteiger partial charge in [0.15, 0.2) is 5.78 Å². The monoisotopic (exact) mass is 368 g/mol. The number of Topliss-reactive ketones (excluding diaryl/α,β-unsaturated/α-hetero) is 1. The van der Waals surface area contributed by atoms with Gasteiger partial charge in [-0.3, -0.25) is 9.59 Å². The second kappa shape index (κ2) is 8.06. The smallest absolute Gasteiger partial charge is 0.376 e. The Kier molecular flexibility index (Phi) is 5.77. The average molecular weight is 368 g/mol. The molecule has 2 aromatic rings. The van der Waals surface area contributed by atoms with Gasteiger partial charge in [-0.25, -0.2) is 4.68 Å². The van der Waals surface area contributed by atoms with E-state index in [2.05, 4.69) is 5.32 Å². The van der Waals surface area contributed by atoms with Gasteiger partial charge in [0.25, 0.3) is 0 Å². The van der Waals surface area contributed by atoms with Crippen molar-refractivity contribution in [2.45, 2.75) is 39.6 Å². The number of rotatable bonds is 5. The highest BCUT2D eigenvalue weighted by Gasteiger charge is 2.31. The molecule has 0 bridgehead atoms. The van der Waals surface area contributed by atoms with Gasteiger partial charge in [-0.15, -0.1) is 0 Å². The van der Waals surface area contributed by atoms with E-state index >= 15 is 0 Å². The maximum absolute atomic E-state index is 12.5. The number of piperidine rings is 1. The molecule has 0 aliphatic carbocycles. The molecule has 1 amide bonds. The molecular formula is C19H25BN4O3. The van der Waals surface area contributed by atoms with Crippen LogP contribution in [0.25, 0.3) is 11.3 Å². The summed E-state index contributed by atoms with van der Waals surface area (Å²) in [4.78, 5) is 26.3. The van der Waals surface area contributed by atoms with Crippen molar-refractivity contribution in [3.8, 4) is 11.3 Å². The zero-order valence-corrected chi connectivity index (χ0v) is 16.0. The summed E-state index contributed by atoms with van der Waals surface area (Å²) in [6.07, 6.45) is 1.77. The number of hydrogen-bond acceptors (Lipinski definition) is 5. The van der Waals surface area contributed by atoms with Crippen LogP contribution in [-0.4, -0.2) is 51.4 Å². The number of benzene rings is 1. The van der Waals surface area contributed by atoms with Crippen LogP contribution in [0.4, 0.5) is 5.82 Å². The third kappa shape index (κ3) is 4.12. The van der Waals surface area contributed by atoms with Gasteiger partial charge in [-0.2, -0.15) is 5.10 Å². The minimum Gasteiger partial charge on any atom is -0.437 e. The van der Waals surface area contributed by atoms with Gasteiger partial charge in [0.2, 0.25) is 5.91 Å². The minimum absolute atomic E-state index is 0.0363. The second-order valence-corrected chi connectivity index (χ2v) is 7.04. The lowest BCUT2D eigenvalue weighted by atomic mass is 9.82. The van der Waals surface area contributed by atoms with E-state index < -0.39 is 7.05 Å². The van der Waals surface area contributed by atoms with Gasteiger partial charge in [-0.05, 0) is 33.1 Å². The molecule has 3 rings (SSSR count). The van der Waals surface area contributed by atoms with Crippen LogP contribution >= 0.6 is 0 Å². The molecule has 1 aliphatic heterocycles. The number of nitrogens with one attached hydrogen (secondary N) is 1. The minimum atomic E-state index is -0.548. The van der Waals surface area contributed by atoms with Crippen molar-refractivity contribution >= 4 is 24.6 Å². The third-order valence-corrected chi connectivity index (χ3v) is 4.91. The van der Waals surface area contributed by atoms with E-state index in [9.17, 15) is 14.6 Å². The van der Waals surface area contributed by atoms with Crippen molar-refractivity contribution in [1.29, 1.82) is 0 Å². The standard InChI is InChI=1S/C19H25BN4O3/c1-13(25)17-18(15-8-5-4-6-9-15)22-24(19(17)21-14(2)26)16-10-7-11-23(12-16)20(3)27/h4-6,8-9,16,27H,7,10-12H2,1-3H3,(H,21,26). The Labute approximate surface area is 159 Å². The molecule has 142 valence electrons. The van der Waals surface area contributed by atoms with Crippen molar-refractivity contribution < 1.29 is 14.6 Å². The average Bonchev–Trinajstić information content (AvgIpc) is 3.01. The van der Waals surface area contributed by atoms with Crippen LogP contribution in [0.5, 0.6) is 0 Å². The maximum atomic E-state index is 12.5. The summed E-state index contributed by atoms with van der Waals surface area (Å²) >= 11 is 0. The van der Waals surface area contributed by atoms with Crippen molar-refractivity contribution in [2.75, 3.05) is 18.4 Å². The fraction of sp³-hybridized carbons (Fsp3) is 0.421. The molecule has 1 saturated heterocycles. The van der Waals surface area contributed by atoms with E-state index in [1.807, 2.05) is 35.1 Å². The molecule has 2 N–H and O–H groups in total. The van der Waals surface area contributed by atoms with E-state index in [1.165, 1.54) is 13.8 Å². The quantitative estimate of drug-likeness (QED) is 0.625. The lowest BCUT2D eigenvalue weighted by molar-refractivity contribution is -0.114. The first kappa shape index (κ1) is 19.3. The molecule has 7 nitrogen and oxygen atoms in total. The zero-order valence-electron chi connectivity index (χ0n) is 16.0. The lowest BCUT2D eigenvalue weighted by Crippen LogP contribution is -2.45. The normalized spacial score (nSPS) is 17.6. The number of aromatic nitrogens is 2. The molecule has 0 saturated carbocycles. The first-order valence-corrected chi connectivity index (χ1v) is 9.27. The number of amides is 1. The highest BCUT2D eigenvalue weighted by atomic mass is 16.2. The summed E-state index contributed by atoms with van der Waals surface area (Å²) in [5.41, 5.74) is 1.82. The summed E-state index contributed by atoms with van der Waals surface area (Å²) in [6, 6.07) is 9.47. The van der Waals surface area contributed by atoms with Crippen molar-refractivity contribution in [3.05, 3.63) is 35.9 Å². The molecule has 1 aromatic carbocycles. The van der Waals surface area contributed by atoms with E-state index in [1.54, 1.807) is 11.5 Å². The molecule has 8 heteroatoms. The van der Waals surface area contributed by atoms with Crippen molar-refractivity contribution in [2.24, 2.45) is 0 Å². The molecular weight excluding hydrogens is 343 g/mol. The molecule has 1 aliphatic rings. The Morgan fingerprint density at radius 1 is 1.26 bits per heavy atom. The number of anilines is 1. The van der Waals surface area contributed by atoms with E-state index in [4.69, 9.17) is 5.10 Å². The van der Waals surface area contributed by atoms with Gasteiger partial charge in [0, 0.05) is 19.0 Å². The fourth-order valence-corrected chi connectivity index (χ4v) is 3.64. The summed E-state index contributed by atoms with van der Waals surface area (Å²) in [7, 11) is -0.548. The van der Waals surface area contributed by atoms with Crippen LogP contribution in [0.1, 0.15) is 43.1 Å². The second-order valence-electron chi connectivity index (χ2n) is 7.04. The van der Waals surface area contributed by atoms with Crippen molar-refractivity contribution in [1.82, 2.24) is 14.6 Å². The summed E-state index contributed by atoms with van der Waals surface area (Å²) < 4.78 is 1.76. The number of hydrogen-bond donors (Lipinski definition) is 2. The molecule has 1 unspecified atom stereocenters. The molecule has 1 atom stereocenters. The van der Waals surface area contributed by atoms with Gasteiger partial charge in [-0.1, -0.05) is 30.3 Å². The van der Waals surface area contributed by atoms with Crippen LogP contribution in [0.15, 0.2) is 30.3 Å². The SMILES string of the molecule is CB(O)N1CCCC(n2nc(-c3ccccc3)c(C(C)=O)c2NC(C)=O)C1. The van der Waals surface area contributed by atoms with Crippen LogP contribution in [0.2, 0.25) is 6.82 Å². The van der Waals surface area contributed by atoms with Gasteiger partial charge < -0.3 is 15.2 Å². The Morgan fingerprint density at radius 3 is 2.56 bits per heavy atom. The maximum Gasteiger partial charge on any atom is 0.376 e. The Hall–Kier alpha value is -2.45. The summed E-state index contributed by atoms with van der Waals surface area (Å²) in [6.45, 7) is 6.08. The van der Waals surface area contributed by atoms with E-state index in [0.29, 0.717) is 23.6 Å². The van der Waals surface area contributed by atoms with Crippen LogP contribution in [0, 0.1) is 0 Å². The summed E-state index contributed by atoms with van der Waals surface area (Å²) in [5.74, 6) is 0.0415. The molecule has 0 radical (unpaired) electrons. The molecule has 1 aromatic heterocycles. The Balaban J connectivity index is 2.12. The first-order chi connectivity index (χ1) is 12.9. The van der Waals surface area contributed by atoms with Gasteiger partial charge >= 0.3 is 7.05 Å². The van der Waals surface area contributed by atoms with Crippen LogP contribution in [0.3, 0.4) is 0 Å². The number of ketones is 1. The molecule has 27 heavy (non-hydrogen) atoms. The molecule has 1 fully saturated rings. The Bertz CT molecular complexity index is 835. The van der Waals surface area contributed by atoms with Crippen LogP contribution in [-0.2, 0) is 4.79 Å². The van der Waals surface area contributed by atoms with Gasteiger partial charge in [0.1, 0.15) is 11.5 Å². The van der Waals surface area contributed by atoms with E-state index in [-0.39, 0.29) is 17.7 Å². The Morgan fingerprint density at radius 2 is 1.96 bits per heavy atom. The molecule has 2 heterocycles. The summed E-state index contributed by atoms with van der Waals surface area (Å²) in [5, 5.41) is 17.5. The van der Waals surface area contributed by atoms with E-state index in [0.717, 1.165) is 24.9 Å². The number of carbonyl (C=O) groups is 2. The fourth-order valence-electron chi connectivity index (χ4n) is 3.64. The predicted octanol–water partition coefficient (Wildman–Crippen LogP) is 2.46. The van der Waals surface area contributed by atoms with Crippen molar-refractivity contribution in [3.63, 3.8) is 0 Å². The number of carbonyl (C=O) groups excluding carboxylic acids is 2. The highest BCUT2D eigenvalue weighted by Crippen LogP contribution is 2.34. The number of nitrogens with zero attached hydrogens (tertiary/aromatic N) is 3. The molecule has 0 spiro atoms. The van der Waals surface area contributed by atoms with Crippen LogP contribution < -0.4 is 5.32 Å². The largest absolute Gasteiger partial charge is 0.437 e. The lowest BCUT2D eigenvalue weighted by Gasteiger charge is -2.34. The third-order valence-electron chi connectivity index (χ3n) is 4.91. The predicted molar refractivity (Wildman–Crippen MR) is 106 cm³/mol. The van der Waals surface area contributed by atoms with Gasteiger partial charge in [0.05, 0.1) is 11.6 Å². The highest BCUT2D eigenvalue weighted by molar-refractivity contribution is 6.45. The first-order valence-electron chi connectivity index (χ1n) is 9.27.